The van der Waals surface area contributed by atoms with Gasteiger partial charge in [0, 0.05) is 42.5 Å². The Bertz CT molecular complexity index is 1810. The number of ether oxygens (including phenoxy) is 2. The van der Waals surface area contributed by atoms with E-state index in [1.807, 2.05) is 92.4 Å². The molecule has 0 radical (unpaired) electrons. The topological polar surface area (TPSA) is 156 Å². The molecule has 4 aromatic rings. The summed E-state index contributed by atoms with van der Waals surface area (Å²) in [4.78, 5) is 42.1. The normalized spacial score (nSPS) is 13.3. The molecule has 1 unspecified atom stereocenters. The zero-order valence-electron chi connectivity index (χ0n) is 27.9. The largest absolute Gasteiger partial charge is 0.490 e. The number of nitrogens with two attached hydrogens (primary N) is 1. The maximum absolute atomic E-state index is 13.9. The number of halogens is 3. The number of pyridine rings is 1. The Morgan fingerprint density at radius 3 is 2.36 bits per heavy atom. The minimum absolute atomic E-state index is 0.00375. The molecule has 5 rings (SSSR count). The Labute approximate surface area is 287 Å². The van der Waals surface area contributed by atoms with Gasteiger partial charge in [-0.2, -0.15) is 13.2 Å². The Hall–Kier alpha value is -5.53. The second kappa shape index (κ2) is 16.7. The zero-order valence-corrected chi connectivity index (χ0v) is 27.9. The van der Waals surface area contributed by atoms with E-state index in [1.165, 1.54) is 0 Å². The van der Waals surface area contributed by atoms with Crippen molar-refractivity contribution in [3.05, 3.63) is 89.6 Å². The van der Waals surface area contributed by atoms with Gasteiger partial charge in [-0.1, -0.05) is 24.3 Å². The molecule has 0 bridgehead atoms. The average Bonchev–Trinajstić information content (AvgIpc) is 3.62. The number of amides is 2. The van der Waals surface area contributed by atoms with E-state index in [0.717, 1.165) is 48.0 Å². The first-order valence-electron chi connectivity index (χ1n) is 16.1. The Morgan fingerprint density at radius 2 is 1.70 bits per heavy atom. The number of carbonyl (C=O) groups is 3. The van der Waals surface area contributed by atoms with Gasteiger partial charge in [-0.15, -0.1) is 0 Å². The zero-order chi connectivity index (χ0) is 36.4. The summed E-state index contributed by atoms with van der Waals surface area (Å²) in [5, 5.41) is 15.3. The molecule has 1 aliphatic rings. The van der Waals surface area contributed by atoms with Crippen molar-refractivity contribution in [2.45, 2.75) is 58.5 Å². The molecule has 1 atom stereocenters. The number of alkyl halides is 3. The van der Waals surface area contributed by atoms with Crippen LogP contribution >= 0.6 is 0 Å². The van der Waals surface area contributed by atoms with Gasteiger partial charge in [0.15, 0.2) is 11.5 Å². The third kappa shape index (κ3) is 9.77. The fraction of sp³-hybridized carbons (Fsp3) is 0.333. The molecule has 1 saturated heterocycles. The van der Waals surface area contributed by atoms with Crippen LogP contribution in [0.1, 0.15) is 61.1 Å². The van der Waals surface area contributed by atoms with Crippen molar-refractivity contribution in [2.75, 3.05) is 30.7 Å². The fourth-order valence-electron chi connectivity index (χ4n) is 5.34. The minimum atomic E-state index is -5.08. The van der Waals surface area contributed by atoms with Gasteiger partial charge in [-0.3, -0.25) is 9.59 Å². The molecule has 3 aromatic carbocycles. The molecule has 14 heteroatoms. The summed E-state index contributed by atoms with van der Waals surface area (Å²) >= 11 is 0. The van der Waals surface area contributed by atoms with Crippen LogP contribution in [0.5, 0.6) is 11.5 Å². The Morgan fingerprint density at radius 1 is 1.00 bits per heavy atom. The predicted molar refractivity (Wildman–Crippen MR) is 183 cm³/mol. The Balaban J connectivity index is 0.000000727. The second-order valence-electron chi connectivity index (χ2n) is 11.7. The summed E-state index contributed by atoms with van der Waals surface area (Å²) in [6.45, 7) is 8.00. The van der Waals surface area contributed by atoms with Crippen LogP contribution in [0.2, 0.25) is 0 Å². The van der Waals surface area contributed by atoms with Crippen molar-refractivity contribution in [2.24, 2.45) is 0 Å². The van der Waals surface area contributed by atoms with E-state index in [2.05, 4.69) is 15.6 Å². The predicted octanol–water partition coefficient (Wildman–Crippen LogP) is 6.34. The SMILES string of the molecule is CCOc1cc(C(Nc2ccc3c(N)nccc3c2)C(=O)NCc2ccccc2C(=O)N2CCCC2)ccc1OC(C)C.O=C(O)C(F)(F)F. The lowest BCUT2D eigenvalue weighted by Gasteiger charge is -2.23. The standard InChI is InChI=1S/C34H39N5O4.C2HF3O2/c1-4-42-30-20-24(11-14-29(30)43-22(2)3)31(38-26-12-13-27-23(19-26)15-16-36-32(27)35)33(40)37-21-25-9-5-6-10-28(25)34(41)39-17-7-8-18-39;3-2(4,5)1(6)7/h5-6,9-16,19-20,22,31,38H,4,7-8,17-18,21H2,1-3H3,(H2,35,36)(H,37,40);(H,6,7). The highest BCUT2D eigenvalue weighted by Gasteiger charge is 2.38. The summed E-state index contributed by atoms with van der Waals surface area (Å²) in [6.07, 6.45) is -1.43. The molecule has 0 aliphatic carbocycles. The average molecular weight is 696 g/mol. The van der Waals surface area contributed by atoms with Crippen molar-refractivity contribution in [3.8, 4) is 11.5 Å². The smallest absolute Gasteiger partial charge is 0.490 e. The number of hydrogen-bond acceptors (Lipinski definition) is 8. The van der Waals surface area contributed by atoms with E-state index in [0.29, 0.717) is 35.1 Å². The summed E-state index contributed by atoms with van der Waals surface area (Å²) in [5.41, 5.74) is 8.89. The van der Waals surface area contributed by atoms with Crippen LogP contribution in [0.25, 0.3) is 10.8 Å². The molecule has 50 heavy (non-hydrogen) atoms. The highest BCUT2D eigenvalue weighted by Crippen LogP contribution is 2.33. The molecule has 1 aliphatic heterocycles. The number of carboxylic acids is 1. The van der Waals surface area contributed by atoms with Crippen LogP contribution in [-0.2, 0) is 16.1 Å². The van der Waals surface area contributed by atoms with E-state index in [1.54, 1.807) is 6.20 Å². The number of nitrogens with zero attached hydrogens (tertiary/aromatic N) is 2. The third-order valence-electron chi connectivity index (χ3n) is 7.67. The number of likely N-dealkylation sites (tertiary alicyclic amines) is 1. The lowest BCUT2D eigenvalue weighted by molar-refractivity contribution is -0.192. The molecule has 2 amide bonds. The van der Waals surface area contributed by atoms with Crippen LogP contribution in [0.3, 0.4) is 0 Å². The van der Waals surface area contributed by atoms with E-state index in [-0.39, 0.29) is 24.5 Å². The number of aliphatic carboxylic acids is 1. The third-order valence-corrected chi connectivity index (χ3v) is 7.67. The number of anilines is 2. The van der Waals surface area contributed by atoms with E-state index >= 15 is 0 Å². The number of nitrogen functional groups attached to an aromatic ring is 1. The van der Waals surface area contributed by atoms with Gasteiger partial charge in [0.1, 0.15) is 11.9 Å². The monoisotopic (exact) mass is 695 g/mol. The lowest BCUT2D eigenvalue weighted by atomic mass is 10.0. The van der Waals surface area contributed by atoms with E-state index in [9.17, 15) is 22.8 Å². The van der Waals surface area contributed by atoms with Gasteiger partial charge in [0.2, 0.25) is 5.91 Å². The number of carboxylic acid groups (broad SMARTS) is 1. The number of rotatable bonds is 11. The minimum Gasteiger partial charge on any atom is -0.490 e. The number of carbonyl (C=O) groups excluding carboxylic acids is 2. The summed E-state index contributed by atoms with van der Waals surface area (Å²) in [6, 6.07) is 19.8. The molecule has 0 saturated carbocycles. The van der Waals surface area contributed by atoms with Crippen molar-refractivity contribution in [1.29, 1.82) is 0 Å². The van der Waals surface area contributed by atoms with Crippen LogP contribution in [0, 0.1) is 0 Å². The molecule has 1 aromatic heterocycles. The van der Waals surface area contributed by atoms with Crippen LogP contribution in [0.4, 0.5) is 24.7 Å². The molecule has 0 spiro atoms. The molecular formula is C36H40F3N5O6. The van der Waals surface area contributed by atoms with Gasteiger partial charge in [0.25, 0.3) is 5.91 Å². The molecule has 11 nitrogen and oxygen atoms in total. The van der Waals surface area contributed by atoms with Crippen LogP contribution in [0.15, 0.2) is 72.9 Å². The van der Waals surface area contributed by atoms with Gasteiger partial charge >= 0.3 is 12.1 Å². The summed E-state index contributed by atoms with van der Waals surface area (Å²) in [7, 11) is 0. The molecule has 1 fully saturated rings. The maximum atomic E-state index is 13.9. The lowest BCUT2D eigenvalue weighted by Crippen LogP contribution is -2.34. The van der Waals surface area contributed by atoms with Gasteiger partial charge < -0.3 is 35.8 Å². The molecule has 5 N–H and O–H groups in total. The van der Waals surface area contributed by atoms with E-state index in [4.69, 9.17) is 25.1 Å². The highest BCUT2D eigenvalue weighted by molar-refractivity contribution is 5.96. The number of fused-ring (bicyclic) bond motifs is 1. The first kappa shape index (κ1) is 37.3. The van der Waals surface area contributed by atoms with Crippen LogP contribution < -0.4 is 25.8 Å². The second-order valence-corrected chi connectivity index (χ2v) is 11.7. The van der Waals surface area contributed by atoms with Crippen molar-refractivity contribution in [1.82, 2.24) is 15.2 Å². The van der Waals surface area contributed by atoms with Crippen molar-refractivity contribution in [3.63, 3.8) is 0 Å². The number of benzene rings is 3. The van der Waals surface area contributed by atoms with Crippen molar-refractivity contribution < 1.29 is 42.1 Å². The van der Waals surface area contributed by atoms with Gasteiger partial charge in [-0.25, -0.2) is 9.78 Å². The Kier molecular flexibility index (Phi) is 12.5. The number of aromatic nitrogens is 1. The summed E-state index contributed by atoms with van der Waals surface area (Å²) in [5.74, 6) is -1.38. The van der Waals surface area contributed by atoms with Crippen molar-refractivity contribution >= 4 is 40.1 Å². The molecular weight excluding hydrogens is 655 g/mol. The fourth-order valence-corrected chi connectivity index (χ4v) is 5.34. The van der Waals surface area contributed by atoms with Crippen LogP contribution in [-0.4, -0.2) is 64.8 Å². The van der Waals surface area contributed by atoms with Gasteiger partial charge in [-0.05, 0) is 92.6 Å². The molecule has 2 heterocycles. The quantitative estimate of drug-likeness (QED) is 0.141. The highest BCUT2D eigenvalue weighted by atomic mass is 19.4. The number of nitrogens with one attached hydrogen (secondary N) is 2. The maximum Gasteiger partial charge on any atom is 0.490 e. The van der Waals surface area contributed by atoms with E-state index < -0.39 is 18.2 Å². The number of hydrogen-bond donors (Lipinski definition) is 4. The molecule has 266 valence electrons. The first-order chi connectivity index (χ1) is 23.8. The first-order valence-corrected chi connectivity index (χ1v) is 16.1. The summed E-state index contributed by atoms with van der Waals surface area (Å²) < 4.78 is 43.6. The van der Waals surface area contributed by atoms with Gasteiger partial charge in [0.05, 0.1) is 12.7 Å².